The third-order valence-corrected chi connectivity index (χ3v) is 3.88. The second kappa shape index (κ2) is 6.66. The highest BCUT2D eigenvalue weighted by Gasteiger charge is 2.18. The molecule has 112 valence electrons. The molecule has 3 rings (SSSR count). The lowest BCUT2D eigenvalue weighted by Crippen LogP contribution is -2.32. The Morgan fingerprint density at radius 3 is 2.41 bits per heavy atom. The fourth-order valence-corrected chi connectivity index (χ4v) is 2.57. The minimum atomic E-state index is 0.337. The van der Waals surface area contributed by atoms with Crippen molar-refractivity contribution in [2.24, 2.45) is 0 Å². The molecule has 0 atom stereocenters. The minimum Gasteiger partial charge on any atom is -0.353 e. The van der Waals surface area contributed by atoms with Crippen LogP contribution in [-0.4, -0.2) is 46.3 Å². The van der Waals surface area contributed by atoms with Gasteiger partial charge >= 0.3 is 0 Å². The highest BCUT2D eigenvalue weighted by atomic mass is 79.9. The molecule has 3 heterocycles. The van der Waals surface area contributed by atoms with Gasteiger partial charge in [0.1, 0.15) is 6.07 Å². The van der Waals surface area contributed by atoms with E-state index < -0.39 is 0 Å². The Balaban J connectivity index is 1.69. The molecule has 0 amide bonds. The number of nitrogens with zero attached hydrogens (tertiary/aromatic N) is 7. The smallest absolute Gasteiger partial charge is 0.225 e. The van der Waals surface area contributed by atoms with E-state index in [0.717, 1.165) is 48.8 Å². The summed E-state index contributed by atoms with van der Waals surface area (Å²) in [5.74, 6) is 1.55. The van der Waals surface area contributed by atoms with Gasteiger partial charge in [0.2, 0.25) is 5.95 Å². The number of halogens is 1. The molecule has 0 spiro atoms. The molecule has 1 aliphatic heterocycles. The zero-order chi connectivity index (χ0) is 15.4. The molecule has 0 N–H and O–H groups in total. The first kappa shape index (κ1) is 14.7. The number of aromatic nitrogens is 4. The summed E-state index contributed by atoms with van der Waals surface area (Å²) in [4.78, 5) is 13.0. The van der Waals surface area contributed by atoms with Gasteiger partial charge in [-0.25, -0.2) is 9.97 Å². The molecule has 8 heteroatoms. The minimum absolute atomic E-state index is 0.337. The van der Waals surface area contributed by atoms with Crippen LogP contribution in [0.25, 0.3) is 0 Å². The van der Waals surface area contributed by atoms with Crippen LogP contribution >= 0.6 is 15.9 Å². The maximum Gasteiger partial charge on any atom is 0.225 e. The fraction of sp³-hybridized carbons (Fsp3) is 0.357. The second-order valence-corrected chi connectivity index (χ2v) is 5.83. The van der Waals surface area contributed by atoms with E-state index in [1.54, 1.807) is 18.5 Å². The molecule has 1 aliphatic rings. The average Bonchev–Trinajstić information content (AvgIpc) is 2.82. The molecular weight excluding hydrogens is 346 g/mol. The van der Waals surface area contributed by atoms with E-state index in [4.69, 9.17) is 5.26 Å². The highest BCUT2D eigenvalue weighted by molar-refractivity contribution is 9.10. The second-order valence-electron chi connectivity index (χ2n) is 4.92. The molecule has 0 unspecified atom stereocenters. The van der Waals surface area contributed by atoms with Crippen molar-refractivity contribution in [1.82, 2.24) is 20.2 Å². The summed E-state index contributed by atoms with van der Waals surface area (Å²) in [5, 5.41) is 16.8. The number of nitriles is 1. The van der Waals surface area contributed by atoms with Crippen LogP contribution in [-0.2, 0) is 0 Å². The topological polar surface area (TPSA) is 81.8 Å². The van der Waals surface area contributed by atoms with Gasteiger partial charge in [0.25, 0.3) is 0 Å². The van der Waals surface area contributed by atoms with Crippen LogP contribution in [0, 0.1) is 11.3 Å². The van der Waals surface area contributed by atoms with Gasteiger partial charge in [-0.2, -0.15) is 5.26 Å². The Morgan fingerprint density at radius 2 is 1.73 bits per heavy atom. The van der Waals surface area contributed by atoms with Crippen molar-refractivity contribution >= 4 is 27.7 Å². The zero-order valence-electron chi connectivity index (χ0n) is 11.9. The van der Waals surface area contributed by atoms with Crippen molar-refractivity contribution in [3.8, 4) is 6.07 Å². The predicted octanol–water partition coefficient (Wildman–Crippen LogP) is 1.62. The molecular formula is C14H14BrN7. The van der Waals surface area contributed by atoms with E-state index in [0.29, 0.717) is 5.69 Å². The first-order valence-electron chi connectivity index (χ1n) is 6.97. The standard InChI is InChI=1S/C14H14BrN7/c15-11-9-17-14(18-10-11)22-5-1-4-21(6-7-22)13-3-2-12(8-16)19-20-13/h2-3,9-10H,1,4-7H2. The van der Waals surface area contributed by atoms with Crippen LogP contribution in [0.5, 0.6) is 0 Å². The molecule has 0 saturated carbocycles. The summed E-state index contributed by atoms with van der Waals surface area (Å²) in [6.45, 7) is 3.44. The molecule has 2 aromatic rings. The lowest BCUT2D eigenvalue weighted by molar-refractivity contribution is 0.779. The average molecular weight is 360 g/mol. The van der Waals surface area contributed by atoms with E-state index in [1.165, 1.54) is 0 Å². The largest absolute Gasteiger partial charge is 0.353 e. The number of anilines is 2. The summed E-state index contributed by atoms with van der Waals surface area (Å²) < 4.78 is 0.876. The number of hydrogen-bond donors (Lipinski definition) is 0. The van der Waals surface area contributed by atoms with Gasteiger partial charge in [0, 0.05) is 38.6 Å². The normalized spacial score (nSPS) is 15.3. The van der Waals surface area contributed by atoms with Crippen molar-refractivity contribution in [3.63, 3.8) is 0 Å². The Morgan fingerprint density at radius 1 is 1.00 bits per heavy atom. The van der Waals surface area contributed by atoms with Gasteiger partial charge in [-0.15, -0.1) is 10.2 Å². The van der Waals surface area contributed by atoms with Crippen LogP contribution in [0.1, 0.15) is 12.1 Å². The van der Waals surface area contributed by atoms with Crippen molar-refractivity contribution in [2.45, 2.75) is 6.42 Å². The van der Waals surface area contributed by atoms with Crippen molar-refractivity contribution in [3.05, 3.63) is 34.7 Å². The van der Waals surface area contributed by atoms with E-state index >= 15 is 0 Å². The predicted molar refractivity (Wildman–Crippen MR) is 85.5 cm³/mol. The Bertz CT molecular complexity index is 665. The van der Waals surface area contributed by atoms with Crippen molar-refractivity contribution in [1.29, 1.82) is 5.26 Å². The SMILES string of the molecule is N#Cc1ccc(N2CCCN(c3ncc(Br)cn3)CC2)nn1. The maximum absolute atomic E-state index is 8.77. The molecule has 0 bridgehead atoms. The Hall–Kier alpha value is -2.27. The summed E-state index contributed by atoms with van der Waals surface area (Å²) in [6.07, 6.45) is 4.51. The molecule has 0 radical (unpaired) electrons. The van der Waals surface area contributed by atoms with Crippen LogP contribution < -0.4 is 9.80 Å². The van der Waals surface area contributed by atoms with Gasteiger partial charge < -0.3 is 9.80 Å². The number of rotatable bonds is 2. The van der Waals surface area contributed by atoms with E-state index in [1.807, 2.05) is 12.1 Å². The van der Waals surface area contributed by atoms with Crippen LogP contribution in [0.4, 0.5) is 11.8 Å². The van der Waals surface area contributed by atoms with Gasteiger partial charge in [0.05, 0.1) is 4.47 Å². The molecule has 0 aromatic carbocycles. The molecule has 22 heavy (non-hydrogen) atoms. The highest BCUT2D eigenvalue weighted by Crippen LogP contribution is 2.16. The summed E-state index contributed by atoms with van der Waals surface area (Å²) in [7, 11) is 0. The summed E-state index contributed by atoms with van der Waals surface area (Å²) in [5.41, 5.74) is 0.337. The number of hydrogen-bond acceptors (Lipinski definition) is 7. The van der Waals surface area contributed by atoms with Crippen LogP contribution in [0.2, 0.25) is 0 Å². The summed E-state index contributed by atoms with van der Waals surface area (Å²) in [6, 6.07) is 5.52. The molecule has 0 aliphatic carbocycles. The van der Waals surface area contributed by atoms with Crippen molar-refractivity contribution in [2.75, 3.05) is 36.0 Å². The Labute approximate surface area is 136 Å². The van der Waals surface area contributed by atoms with Crippen LogP contribution in [0.15, 0.2) is 29.0 Å². The lowest BCUT2D eigenvalue weighted by Gasteiger charge is -2.22. The lowest BCUT2D eigenvalue weighted by atomic mass is 10.3. The van der Waals surface area contributed by atoms with Gasteiger partial charge in [-0.1, -0.05) is 0 Å². The fourth-order valence-electron chi connectivity index (χ4n) is 2.37. The first-order valence-corrected chi connectivity index (χ1v) is 7.77. The van der Waals surface area contributed by atoms with Crippen molar-refractivity contribution < 1.29 is 0 Å². The maximum atomic E-state index is 8.77. The van der Waals surface area contributed by atoms with Gasteiger partial charge in [-0.3, -0.25) is 0 Å². The van der Waals surface area contributed by atoms with E-state index in [2.05, 4.69) is 45.9 Å². The quantitative estimate of drug-likeness (QED) is 0.805. The van der Waals surface area contributed by atoms with Gasteiger partial charge in [0.15, 0.2) is 11.5 Å². The Kier molecular flexibility index (Phi) is 4.44. The molecule has 7 nitrogen and oxygen atoms in total. The molecule has 1 saturated heterocycles. The van der Waals surface area contributed by atoms with Crippen LogP contribution in [0.3, 0.4) is 0 Å². The summed E-state index contributed by atoms with van der Waals surface area (Å²) >= 11 is 3.35. The third-order valence-electron chi connectivity index (χ3n) is 3.47. The molecule has 1 fully saturated rings. The molecule has 2 aromatic heterocycles. The van der Waals surface area contributed by atoms with E-state index in [9.17, 15) is 0 Å². The van der Waals surface area contributed by atoms with E-state index in [-0.39, 0.29) is 0 Å². The zero-order valence-corrected chi connectivity index (χ0v) is 13.4. The monoisotopic (exact) mass is 359 g/mol. The van der Waals surface area contributed by atoms with Gasteiger partial charge in [-0.05, 0) is 34.5 Å². The third kappa shape index (κ3) is 3.31. The first-order chi connectivity index (χ1) is 10.8.